The second-order valence-electron chi connectivity index (χ2n) is 5.65. The van der Waals surface area contributed by atoms with Crippen molar-refractivity contribution in [3.05, 3.63) is 64.3 Å². The molecule has 1 heterocycles. The van der Waals surface area contributed by atoms with Gasteiger partial charge in [0, 0.05) is 41.3 Å². The summed E-state index contributed by atoms with van der Waals surface area (Å²) in [4.78, 5) is 21.7. The monoisotopic (exact) mass is 323 g/mol. The Morgan fingerprint density at radius 3 is 2.54 bits per heavy atom. The highest BCUT2D eigenvalue weighted by atomic mass is 16.6. The van der Waals surface area contributed by atoms with Gasteiger partial charge >= 0.3 is 0 Å². The molecule has 0 bridgehead atoms. The van der Waals surface area contributed by atoms with Gasteiger partial charge in [0.2, 0.25) is 6.41 Å². The number of nitrogens with one attached hydrogen (secondary N) is 1. The first kappa shape index (κ1) is 15.7. The molecule has 24 heavy (non-hydrogen) atoms. The van der Waals surface area contributed by atoms with E-state index in [1.165, 1.54) is 6.07 Å². The molecule has 1 amide bonds. The summed E-state index contributed by atoms with van der Waals surface area (Å²) in [5.74, 6) is 0. The van der Waals surface area contributed by atoms with E-state index in [2.05, 4.69) is 5.32 Å². The van der Waals surface area contributed by atoms with Gasteiger partial charge in [-0.3, -0.25) is 14.9 Å². The molecule has 6 heteroatoms. The highest BCUT2D eigenvalue weighted by Gasteiger charge is 2.22. The molecule has 0 aliphatic heterocycles. The molecule has 1 atom stereocenters. The van der Waals surface area contributed by atoms with Crippen molar-refractivity contribution in [3.8, 4) is 11.1 Å². The number of aromatic nitrogens is 1. The first-order chi connectivity index (χ1) is 11.5. The molecule has 1 unspecified atom stereocenters. The minimum absolute atomic E-state index is 0.0489. The Labute approximate surface area is 138 Å². The van der Waals surface area contributed by atoms with Gasteiger partial charge in [0.05, 0.1) is 11.0 Å². The largest absolute Gasteiger partial charge is 0.351 e. The van der Waals surface area contributed by atoms with Gasteiger partial charge in [-0.1, -0.05) is 30.3 Å². The van der Waals surface area contributed by atoms with Gasteiger partial charge in [0.15, 0.2) is 0 Å². The zero-order valence-corrected chi connectivity index (χ0v) is 13.4. The average molecular weight is 323 g/mol. The topological polar surface area (TPSA) is 77.2 Å². The van der Waals surface area contributed by atoms with Gasteiger partial charge in [-0.2, -0.15) is 0 Å². The highest BCUT2D eigenvalue weighted by Crippen LogP contribution is 2.38. The van der Waals surface area contributed by atoms with Crippen LogP contribution in [-0.2, 0) is 11.8 Å². The van der Waals surface area contributed by atoms with Crippen LogP contribution in [-0.4, -0.2) is 15.9 Å². The maximum Gasteiger partial charge on any atom is 0.270 e. The van der Waals surface area contributed by atoms with Crippen LogP contribution in [0.5, 0.6) is 0 Å². The lowest BCUT2D eigenvalue weighted by atomic mass is 9.99. The van der Waals surface area contributed by atoms with Gasteiger partial charge in [0.1, 0.15) is 0 Å². The van der Waals surface area contributed by atoms with Gasteiger partial charge < -0.3 is 9.88 Å². The quantitative estimate of drug-likeness (QED) is 0.443. The van der Waals surface area contributed by atoms with Crippen molar-refractivity contribution in [2.45, 2.75) is 13.0 Å². The molecule has 2 aromatic carbocycles. The molecule has 0 radical (unpaired) electrons. The van der Waals surface area contributed by atoms with E-state index in [0.29, 0.717) is 6.41 Å². The number of nitro benzene ring substituents is 1. The molecule has 6 nitrogen and oxygen atoms in total. The third-order valence-corrected chi connectivity index (χ3v) is 4.23. The molecule has 0 fully saturated rings. The SMILES string of the molecule is CC(NC=O)c1c(-c2ccccc2)c2cc([N+](=O)[O-])ccc2n1C. The van der Waals surface area contributed by atoms with Gasteiger partial charge in [-0.05, 0) is 18.6 Å². The smallest absolute Gasteiger partial charge is 0.270 e. The summed E-state index contributed by atoms with van der Waals surface area (Å²) in [5.41, 5.74) is 3.70. The van der Waals surface area contributed by atoms with E-state index in [1.54, 1.807) is 12.1 Å². The number of fused-ring (bicyclic) bond motifs is 1. The second kappa shape index (κ2) is 6.16. The van der Waals surface area contributed by atoms with Crippen LogP contribution in [0.4, 0.5) is 5.69 Å². The molecule has 122 valence electrons. The number of hydrogen-bond acceptors (Lipinski definition) is 3. The van der Waals surface area contributed by atoms with Crippen molar-refractivity contribution in [1.29, 1.82) is 0 Å². The predicted octanol–water partition coefficient (Wildman–Crippen LogP) is 3.56. The number of non-ortho nitro benzene ring substituents is 1. The van der Waals surface area contributed by atoms with E-state index in [9.17, 15) is 14.9 Å². The van der Waals surface area contributed by atoms with Crippen LogP contribution < -0.4 is 5.32 Å². The molecular weight excluding hydrogens is 306 g/mol. The Bertz CT molecular complexity index is 916. The number of rotatable bonds is 5. The summed E-state index contributed by atoms with van der Waals surface area (Å²) in [7, 11) is 1.90. The molecule has 0 aliphatic carbocycles. The zero-order chi connectivity index (χ0) is 17.3. The molecule has 0 saturated heterocycles. The Balaban J connectivity index is 2.38. The van der Waals surface area contributed by atoms with Gasteiger partial charge in [0.25, 0.3) is 5.69 Å². The number of carbonyl (C=O) groups excluding carboxylic acids is 1. The van der Waals surface area contributed by atoms with Gasteiger partial charge in [-0.25, -0.2) is 0 Å². The maximum atomic E-state index is 11.2. The first-order valence-electron chi connectivity index (χ1n) is 7.56. The average Bonchev–Trinajstić information content (AvgIpc) is 2.88. The van der Waals surface area contributed by atoms with Crippen LogP contribution in [0.3, 0.4) is 0 Å². The molecule has 3 rings (SSSR count). The molecule has 0 aliphatic rings. The number of nitro groups is 1. The van der Waals surface area contributed by atoms with Crippen LogP contribution in [0.25, 0.3) is 22.0 Å². The van der Waals surface area contributed by atoms with E-state index in [1.807, 2.05) is 48.9 Å². The zero-order valence-electron chi connectivity index (χ0n) is 13.4. The molecule has 3 aromatic rings. The van der Waals surface area contributed by atoms with E-state index >= 15 is 0 Å². The molecule has 1 aromatic heterocycles. The predicted molar refractivity (Wildman–Crippen MR) is 92.6 cm³/mol. The lowest BCUT2D eigenvalue weighted by molar-refractivity contribution is -0.384. The third kappa shape index (κ3) is 2.52. The standard InChI is InChI=1S/C18H17N3O3/c1-12(19-11-22)18-17(13-6-4-3-5-7-13)15-10-14(21(23)24)8-9-16(15)20(18)2/h3-12H,1-2H3,(H,19,22). The highest BCUT2D eigenvalue weighted by molar-refractivity contribution is 5.99. The lowest BCUT2D eigenvalue weighted by Crippen LogP contribution is -2.19. The van der Waals surface area contributed by atoms with Crippen LogP contribution in [0.2, 0.25) is 0 Å². The van der Waals surface area contributed by atoms with Crippen molar-refractivity contribution < 1.29 is 9.72 Å². The third-order valence-electron chi connectivity index (χ3n) is 4.23. The summed E-state index contributed by atoms with van der Waals surface area (Å²) >= 11 is 0. The van der Waals surface area contributed by atoms with Crippen LogP contribution in [0.1, 0.15) is 18.7 Å². The van der Waals surface area contributed by atoms with Crippen molar-refractivity contribution in [1.82, 2.24) is 9.88 Å². The Kier molecular flexibility index (Phi) is 4.04. The van der Waals surface area contributed by atoms with E-state index in [-0.39, 0.29) is 11.7 Å². The Morgan fingerprint density at radius 1 is 1.21 bits per heavy atom. The van der Waals surface area contributed by atoms with Crippen LogP contribution >= 0.6 is 0 Å². The van der Waals surface area contributed by atoms with Crippen molar-refractivity contribution in [2.75, 3.05) is 0 Å². The lowest BCUT2D eigenvalue weighted by Gasteiger charge is -2.15. The first-order valence-corrected chi connectivity index (χ1v) is 7.56. The van der Waals surface area contributed by atoms with Crippen LogP contribution in [0, 0.1) is 10.1 Å². The van der Waals surface area contributed by atoms with Crippen molar-refractivity contribution in [3.63, 3.8) is 0 Å². The second-order valence-corrected chi connectivity index (χ2v) is 5.65. The fraction of sp³-hybridized carbons (Fsp3) is 0.167. The number of benzene rings is 2. The summed E-state index contributed by atoms with van der Waals surface area (Å²) in [6, 6.07) is 14.3. The fourth-order valence-corrected chi connectivity index (χ4v) is 3.16. The normalized spacial score (nSPS) is 12.1. The van der Waals surface area contributed by atoms with E-state index in [0.717, 1.165) is 27.7 Å². The maximum absolute atomic E-state index is 11.2. The summed E-state index contributed by atoms with van der Waals surface area (Å²) in [6.45, 7) is 1.89. The Morgan fingerprint density at radius 2 is 1.92 bits per heavy atom. The van der Waals surface area contributed by atoms with E-state index in [4.69, 9.17) is 0 Å². The minimum atomic E-state index is -0.395. The van der Waals surface area contributed by atoms with E-state index < -0.39 is 4.92 Å². The summed E-state index contributed by atoms with van der Waals surface area (Å²) in [5, 5.41) is 14.7. The van der Waals surface area contributed by atoms with Crippen LogP contribution in [0.15, 0.2) is 48.5 Å². The summed E-state index contributed by atoms with van der Waals surface area (Å²) in [6.07, 6.45) is 0.666. The number of amides is 1. The Hall–Kier alpha value is -3.15. The summed E-state index contributed by atoms with van der Waals surface area (Å²) < 4.78 is 1.97. The molecule has 0 spiro atoms. The number of hydrogen-bond donors (Lipinski definition) is 1. The molecular formula is C18H17N3O3. The fourth-order valence-electron chi connectivity index (χ4n) is 3.16. The van der Waals surface area contributed by atoms with Crippen molar-refractivity contribution in [2.24, 2.45) is 7.05 Å². The number of aryl methyl sites for hydroxylation is 1. The molecule has 0 saturated carbocycles. The minimum Gasteiger partial charge on any atom is -0.351 e. The number of nitrogens with zero attached hydrogens (tertiary/aromatic N) is 2. The number of carbonyl (C=O) groups is 1. The van der Waals surface area contributed by atoms with Crippen molar-refractivity contribution >= 4 is 23.0 Å². The van der Waals surface area contributed by atoms with Gasteiger partial charge in [-0.15, -0.1) is 0 Å². The molecule has 1 N–H and O–H groups in total.